The van der Waals surface area contributed by atoms with E-state index in [9.17, 15) is 13.6 Å². The molecule has 0 aliphatic carbocycles. The van der Waals surface area contributed by atoms with Gasteiger partial charge in [0.1, 0.15) is 11.6 Å². The lowest BCUT2D eigenvalue weighted by molar-refractivity contribution is 0.0993. The van der Waals surface area contributed by atoms with Gasteiger partial charge in [0.25, 0.3) is 5.91 Å². The van der Waals surface area contributed by atoms with Gasteiger partial charge in [-0.05, 0) is 74.1 Å². The van der Waals surface area contributed by atoms with Gasteiger partial charge in [-0.1, -0.05) is 24.3 Å². The van der Waals surface area contributed by atoms with Gasteiger partial charge in [-0.2, -0.15) is 0 Å². The van der Waals surface area contributed by atoms with Gasteiger partial charge in [-0.15, -0.1) is 0 Å². The molecule has 0 bridgehead atoms. The SMILES string of the molecule is CN(C(=O)c1ccc(-c2ccc(F)cc2)cc1)c1ccc(N2CCC(N(C)C)C2)c(F)c1. The number of hydrogen-bond acceptors (Lipinski definition) is 3. The van der Waals surface area contributed by atoms with E-state index in [0.29, 0.717) is 23.0 Å². The summed E-state index contributed by atoms with van der Waals surface area (Å²) in [6.45, 7) is 1.60. The Morgan fingerprint density at radius 3 is 2.09 bits per heavy atom. The third-order valence-corrected chi connectivity index (χ3v) is 6.17. The first-order valence-electron chi connectivity index (χ1n) is 10.7. The van der Waals surface area contributed by atoms with Gasteiger partial charge in [0.15, 0.2) is 0 Å². The Bertz CT molecular complexity index is 1100. The Kier molecular flexibility index (Phi) is 6.24. The highest BCUT2D eigenvalue weighted by atomic mass is 19.1. The number of likely N-dealkylation sites (N-methyl/N-ethyl adjacent to an activating group) is 1. The van der Waals surface area contributed by atoms with Crippen LogP contribution in [0.5, 0.6) is 0 Å². The van der Waals surface area contributed by atoms with Crippen molar-refractivity contribution in [3.63, 3.8) is 0 Å². The summed E-state index contributed by atoms with van der Waals surface area (Å²) in [4.78, 5) is 18.6. The maximum absolute atomic E-state index is 14.9. The number of hydrogen-bond donors (Lipinski definition) is 0. The van der Waals surface area contributed by atoms with Crippen molar-refractivity contribution in [2.75, 3.05) is 44.0 Å². The van der Waals surface area contributed by atoms with E-state index in [-0.39, 0.29) is 17.5 Å². The molecule has 1 heterocycles. The highest BCUT2D eigenvalue weighted by Crippen LogP contribution is 2.29. The van der Waals surface area contributed by atoms with E-state index in [0.717, 1.165) is 30.6 Å². The van der Waals surface area contributed by atoms with Crippen molar-refractivity contribution >= 4 is 17.3 Å². The van der Waals surface area contributed by atoms with Crippen LogP contribution < -0.4 is 9.80 Å². The summed E-state index contributed by atoms with van der Waals surface area (Å²) in [6, 6.07) is 18.7. The van der Waals surface area contributed by atoms with Crippen molar-refractivity contribution in [1.29, 1.82) is 0 Å². The van der Waals surface area contributed by atoms with E-state index in [4.69, 9.17) is 0 Å². The van der Waals surface area contributed by atoms with Crippen LogP contribution in [0.1, 0.15) is 16.8 Å². The number of carbonyl (C=O) groups is 1. The van der Waals surface area contributed by atoms with E-state index >= 15 is 0 Å². The molecule has 4 nitrogen and oxygen atoms in total. The van der Waals surface area contributed by atoms with Gasteiger partial charge < -0.3 is 14.7 Å². The van der Waals surface area contributed by atoms with Gasteiger partial charge in [-0.3, -0.25) is 4.79 Å². The summed E-state index contributed by atoms with van der Waals surface area (Å²) < 4.78 is 28.0. The first-order chi connectivity index (χ1) is 15.3. The smallest absolute Gasteiger partial charge is 0.258 e. The molecule has 3 aromatic carbocycles. The summed E-state index contributed by atoms with van der Waals surface area (Å²) in [5.41, 5.74) is 3.33. The Labute approximate surface area is 187 Å². The maximum Gasteiger partial charge on any atom is 0.258 e. The van der Waals surface area contributed by atoms with E-state index in [1.54, 1.807) is 43.4 Å². The number of amides is 1. The van der Waals surface area contributed by atoms with Crippen molar-refractivity contribution in [2.24, 2.45) is 0 Å². The number of benzene rings is 3. The van der Waals surface area contributed by atoms with Gasteiger partial charge in [-0.25, -0.2) is 8.78 Å². The Balaban J connectivity index is 1.48. The molecule has 1 fully saturated rings. The molecule has 1 aliphatic heterocycles. The first-order valence-corrected chi connectivity index (χ1v) is 10.7. The fourth-order valence-electron chi connectivity index (χ4n) is 4.10. The van der Waals surface area contributed by atoms with Gasteiger partial charge >= 0.3 is 0 Å². The number of nitrogens with zero attached hydrogens (tertiary/aromatic N) is 3. The van der Waals surface area contributed by atoms with Crippen LogP contribution in [-0.4, -0.2) is 51.1 Å². The average Bonchev–Trinajstić information content (AvgIpc) is 3.29. The molecule has 1 atom stereocenters. The normalized spacial score (nSPS) is 15.9. The van der Waals surface area contributed by atoms with Gasteiger partial charge in [0.2, 0.25) is 0 Å². The fourth-order valence-corrected chi connectivity index (χ4v) is 4.10. The van der Waals surface area contributed by atoms with Crippen molar-refractivity contribution < 1.29 is 13.6 Å². The standard InChI is InChI=1S/C26H27F2N3O/c1-29(2)23-14-15-31(17-23)25-13-12-22(16-24(25)28)30(3)26(32)20-6-4-18(5-7-20)19-8-10-21(27)11-9-19/h4-13,16,23H,14-15,17H2,1-3H3. The molecule has 0 saturated carbocycles. The van der Waals surface area contributed by atoms with Crippen LogP contribution in [-0.2, 0) is 0 Å². The molecule has 1 amide bonds. The lowest BCUT2D eigenvalue weighted by Crippen LogP contribution is -2.31. The average molecular weight is 436 g/mol. The van der Waals surface area contributed by atoms with Crippen LogP contribution in [0.3, 0.4) is 0 Å². The number of halogens is 2. The van der Waals surface area contributed by atoms with Crippen LogP contribution in [0.15, 0.2) is 66.7 Å². The van der Waals surface area contributed by atoms with E-state index in [1.165, 1.54) is 23.1 Å². The molecule has 166 valence electrons. The molecule has 6 heteroatoms. The van der Waals surface area contributed by atoms with Gasteiger partial charge in [0.05, 0.1) is 5.69 Å². The molecule has 4 rings (SSSR count). The van der Waals surface area contributed by atoms with Crippen LogP contribution in [0.4, 0.5) is 20.2 Å². The predicted octanol–water partition coefficient (Wildman–Crippen LogP) is 5.05. The zero-order valence-electron chi connectivity index (χ0n) is 18.6. The molecule has 0 radical (unpaired) electrons. The van der Waals surface area contributed by atoms with Crippen molar-refractivity contribution in [3.05, 3.63) is 83.9 Å². The molecular formula is C26H27F2N3O. The van der Waals surface area contributed by atoms with Crippen LogP contribution in [0, 0.1) is 11.6 Å². The second kappa shape index (κ2) is 9.09. The molecule has 0 N–H and O–H groups in total. The first kappa shape index (κ1) is 22.0. The molecule has 3 aromatic rings. The van der Waals surface area contributed by atoms with E-state index in [2.05, 4.69) is 9.80 Å². The van der Waals surface area contributed by atoms with Crippen LogP contribution >= 0.6 is 0 Å². The molecule has 1 unspecified atom stereocenters. The van der Waals surface area contributed by atoms with Crippen molar-refractivity contribution in [1.82, 2.24) is 4.90 Å². The van der Waals surface area contributed by atoms with E-state index < -0.39 is 0 Å². The summed E-state index contributed by atoms with van der Waals surface area (Å²) in [7, 11) is 5.73. The number of anilines is 2. The largest absolute Gasteiger partial charge is 0.368 e. The molecule has 1 saturated heterocycles. The maximum atomic E-state index is 14.9. The zero-order chi connectivity index (χ0) is 22.8. The highest BCUT2D eigenvalue weighted by molar-refractivity contribution is 6.06. The highest BCUT2D eigenvalue weighted by Gasteiger charge is 2.26. The fraction of sp³-hybridized carbons (Fsp3) is 0.269. The summed E-state index contributed by atoms with van der Waals surface area (Å²) in [5.74, 6) is -0.840. The monoisotopic (exact) mass is 435 g/mol. The Morgan fingerprint density at radius 2 is 1.53 bits per heavy atom. The van der Waals surface area contributed by atoms with Crippen LogP contribution in [0.2, 0.25) is 0 Å². The summed E-state index contributed by atoms with van der Waals surface area (Å²) in [5, 5.41) is 0. The van der Waals surface area contributed by atoms with Gasteiger partial charge in [0, 0.05) is 37.4 Å². The molecular weight excluding hydrogens is 408 g/mol. The zero-order valence-corrected chi connectivity index (χ0v) is 18.6. The summed E-state index contributed by atoms with van der Waals surface area (Å²) >= 11 is 0. The third-order valence-electron chi connectivity index (χ3n) is 6.17. The van der Waals surface area contributed by atoms with Crippen LogP contribution in [0.25, 0.3) is 11.1 Å². The molecule has 0 spiro atoms. The molecule has 0 aromatic heterocycles. The summed E-state index contributed by atoms with van der Waals surface area (Å²) in [6.07, 6.45) is 1.00. The predicted molar refractivity (Wildman–Crippen MR) is 125 cm³/mol. The Morgan fingerprint density at radius 1 is 0.906 bits per heavy atom. The quantitative estimate of drug-likeness (QED) is 0.561. The van der Waals surface area contributed by atoms with Crippen molar-refractivity contribution in [2.45, 2.75) is 12.5 Å². The third kappa shape index (κ3) is 4.50. The second-order valence-corrected chi connectivity index (χ2v) is 8.44. The minimum absolute atomic E-state index is 0.225. The lowest BCUT2D eigenvalue weighted by atomic mass is 10.0. The Hall–Kier alpha value is -3.25. The van der Waals surface area contributed by atoms with E-state index in [1.807, 2.05) is 26.2 Å². The number of rotatable bonds is 5. The minimum atomic E-state index is -0.326. The number of carbonyl (C=O) groups excluding carboxylic acids is 1. The lowest BCUT2D eigenvalue weighted by Gasteiger charge is -2.24. The second-order valence-electron chi connectivity index (χ2n) is 8.44. The molecule has 32 heavy (non-hydrogen) atoms. The topological polar surface area (TPSA) is 26.8 Å². The minimum Gasteiger partial charge on any atom is -0.368 e. The molecule has 1 aliphatic rings. The van der Waals surface area contributed by atoms with Crippen molar-refractivity contribution in [3.8, 4) is 11.1 Å².